The summed E-state index contributed by atoms with van der Waals surface area (Å²) in [6.07, 6.45) is -0.576. The maximum Gasteiger partial charge on any atom is 0.263 e. The Morgan fingerprint density at radius 3 is 2.40 bits per heavy atom. The van der Waals surface area contributed by atoms with Crippen LogP contribution in [0.3, 0.4) is 0 Å². The summed E-state index contributed by atoms with van der Waals surface area (Å²) in [5, 5.41) is 0. The molecule has 0 unspecified atom stereocenters. The van der Waals surface area contributed by atoms with Crippen LogP contribution < -0.4 is 10.5 Å². The molecule has 1 atom stereocenters. The third kappa shape index (κ3) is 3.48. The van der Waals surface area contributed by atoms with Crippen molar-refractivity contribution in [3.05, 3.63) is 29.8 Å². The number of carbonyl (C=O) groups is 2. The molecule has 1 aromatic carbocycles. The molecule has 0 spiro atoms. The molecule has 108 valence electrons. The van der Waals surface area contributed by atoms with Crippen LogP contribution in [0.5, 0.6) is 5.75 Å². The van der Waals surface area contributed by atoms with E-state index in [9.17, 15) is 9.59 Å². The van der Waals surface area contributed by atoms with Gasteiger partial charge in [-0.25, -0.2) is 0 Å². The first-order valence-corrected chi connectivity index (χ1v) is 6.51. The molecule has 0 bridgehead atoms. The highest BCUT2D eigenvalue weighted by molar-refractivity contribution is 5.92. The van der Waals surface area contributed by atoms with Crippen molar-refractivity contribution in [3.8, 4) is 5.75 Å². The quantitative estimate of drug-likeness (QED) is 0.865. The lowest BCUT2D eigenvalue weighted by Crippen LogP contribution is -2.46. The molecule has 0 aromatic heterocycles. The van der Waals surface area contributed by atoms with E-state index in [1.54, 1.807) is 36.1 Å². The molecule has 1 heterocycles. The van der Waals surface area contributed by atoms with Gasteiger partial charge in [0.1, 0.15) is 5.75 Å². The predicted molar refractivity (Wildman–Crippen MR) is 72.4 cm³/mol. The third-order valence-electron chi connectivity index (χ3n) is 3.12. The summed E-state index contributed by atoms with van der Waals surface area (Å²) in [6, 6.07) is 6.40. The van der Waals surface area contributed by atoms with Crippen LogP contribution in [0.4, 0.5) is 0 Å². The Morgan fingerprint density at radius 2 is 1.85 bits per heavy atom. The van der Waals surface area contributed by atoms with Crippen molar-refractivity contribution in [2.45, 2.75) is 13.0 Å². The van der Waals surface area contributed by atoms with Crippen LogP contribution >= 0.6 is 0 Å². The second-order valence-corrected chi connectivity index (χ2v) is 4.59. The number of carbonyl (C=O) groups excluding carboxylic acids is 2. The summed E-state index contributed by atoms with van der Waals surface area (Å²) < 4.78 is 10.8. The molecule has 1 fully saturated rings. The predicted octanol–water partition coefficient (Wildman–Crippen LogP) is 0.412. The average Bonchev–Trinajstić information content (AvgIpc) is 2.48. The molecule has 2 amide bonds. The molecule has 0 aliphatic carbocycles. The third-order valence-corrected chi connectivity index (χ3v) is 3.12. The first kappa shape index (κ1) is 14.3. The Labute approximate surface area is 117 Å². The minimum Gasteiger partial charge on any atom is -0.481 e. The van der Waals surface area contributed by atoms with Crippen LogP contribution in [-0.2, 0) is 9.53 Å². The van der Waals surface area contributed by atoms with Crippen LogP contribution in [0.15, 0.2) is 24.3 Å². The van der Waals surface area contributed by atoms with Gasteiger partial charge in [0, 0.05) is 18.7 Å². The van der Waals surface area contributed by atoms with Gasteiger partial charge in [0.25, 0.3) is 5.91 Å². The first-order valence-electron chi connectivity index (χ1n) is 6.51. The molecular formula is C14H18N2O4. The number of hydrogen-bond donors (Lipinski definition) is 1. The minimum atomic E-state index is -0.576. The Balaban J connectivity index is 1.94. The number of primary amides is 1. The highest BCUT2D eigenvalue weighted by Crippen LogP contribution is 2.15. The maximum absolute atomic E-state index is 12.1. The second kappa shape index (κ2) is 6.38. The lowest BCUT2D eigenvalue weighted by molar-refractivity contribution is -0.142. The summed E-state index contributed by atoms with van der Waals surface area (Å²) in [7, 11) is 0. The summed E-state index contributed by atoms with van der Waals surface area (Å²) >= 11 is 0. The molecular weight excluding hydrogens is 260 g/mol. The van der Waals surface area contributed by atoms with Crippen molar-refractivity contribution in [3.63, 3.8) is 0 Å². The van der Waals surface area contributed by atoms with Gasteiger partial charge < -0.3 is 20.1 Å². The van der Waals surface area contributed by atoms with Crippen LogP contribution in [0, 0.1) is 0 Å². The number of morpholine rings is 1. The fraction of sp³-hybridized carbons (Fsp3) is 0.429. The minimum absolute atomic E-state index is 0.0627. The van der Waals surface area contributed by atoms with E-state index in [0.717, 1.165) is 0 Å². The SMILES string of the molecule is C[C@@H](Oc1ccc(C(N)=O)cc1)C(=O)N1CCOCC1. The zero-order valence-corrected chi connectivity index (χ0v) is 11.4. The van der Waals surface area contributed by atoms with Gasteiger partial charge in [-0.15, -0.1) is 0 Å². The zero-order valence-electron chi connectivity index (χ0n) is 11.4. The van der Waals surface area contributed by atoms with Crippen molar-refractivity contribution in [1.29, 1.82) is 0 Å². The molecule has 6 heteroatoms. The van der Waals surface area contributed by atoms with Crippen molar-refractivity contribution in [2.75, 3.05) is 26.3 Å². The monoisotopic (exact) mass is 278 g/mol. The highest BCUT2D eigenvalue weighted by Gasteiger charge is 2.23. The topological polar surface area (TPSA) is 81.9 Å². The van der Waals surface area contributed by atoms with E-state index >= 15 is 0 Å². The Bertz CT molecular complexity index is 480. The van der Waals surface area contributed by atoms with E-state index in [1.165, 1.54) is 0 Å². The number of nitrogens with zero attached hydrogens (tertiary/aromatic N) is 1. The molecule has 1 aliphatic heterocycles. The van der Waals surface area contributed by atoms with Crippen molar-refractivity contribution in [2.24, 2.45) is 5.73 Å². The van der Waals surface area contributed by atoms with Gasteiger partial charge in [0.05, 0.1) is 13.2 Å². The number of hydrogen-bond acceptors (Lipinski definition) is 4. The van der Waals surface area contributed by atoms with Crippen LogP contribution in [-0.4, -0.2) is 49.1 Å². The van der Waals surface area contributed by atoms with Gasteiger partial charge in [-0.2, -0.15) is 0 Å². The Kier molecular flexibility index (Phi) is 4.57. The van der Waals surface area contributed by atoms with Gasteiger partial charge in [0.15, 0.2) is 6.10 Å². The molecule has 1 saturated heterocycles. The Hall–Kier alpha value is -2.08. The molecule has 2 N–H and O–H groups in total. The normalized spacial score (nSPS) is 16.6. The molecule has 0 saturated carbocycles. The van der Waals surface area contributed by atoms with Crippen molar-refractivity contribution in [1.82, 2.24) is 4.90 Å². The first-order chi connectivity index (χ1) is 9.58. The fourth-order valence-electron chi connectivity index (χ4n) is 1.99. The number of benzene rings is 1. The number of amides is 2. The number of rotatable bonds is 4. The van der Waals surface area contributed by atoms with Gasteiger partial charge in [-0.3, -0.25) is 9.59 Å². The van der Waals surface area contributed by atoms with Crippen LogP contribution in [0.25, 0.3) is 0 Å². The van der Waals surface area contributed by atoms with E-state index in [2.05, 4.69) is 0 Å². The molecule has 1 aliphatic rings. The summed E-state index contributed by atoms with van der Waals surface area (Å²) in [5.74, 6) is -0.0228. The second-order valence-electron chi connectivity index (χ2n) is 4.59. The van der Waals surface area contributed by atoms with E-state index in [0.29, 0.717) is 37.6 Å². The lowest BCUT2D eigenvalue weighted by atomic mass is 10.2. The molecule has 20 heavy (non-hydrogen) atoms. The smallest absolute Gasteiger partial charge is 0.263 e. The molecule has 1 aromatic rings. The lowest BCUT2D eigenvalue weighted by Gasteiger charge is -2.29. The maximum atomic E-state index is 12.1. The van der Waals surface area contributed by atoms with Crippen LogP contribution in [0.1, 0.15) is 17.3 Å². The van der Waals surface area contributed by atoms with E-state index in [1.807, 2.05) is 0 Å². The van der Waals surface area contributed by atoms with E-state index in [-0.39, 0.29) is 5.91 Å². The van der Waals surface area contributed by atoms with Gasteiger partial charge in [0.2, 0.25) is 5.91 Å². The standard InChI is InChI=1S/C14H18N2O4/c1-10(14(18)16-6-8-19-9-7-16)20-12-4-2-11(3-5-12)13(15)17/h2-5,10H,6-9H2,1H3,(H2,15,17)/t10-/m1/s1. The van der Waals surface area contributed by atoms with Crippen molar-refractivity contribution < 1.29 is 19.1 Å². The molecule has 6 nitrogen and oxygen atoms in total. The average molecular weight is 278 g/mol. The summed E-state index contributed by atoms with van der Waals surface area (Å²) in [5.41, 5.74) is 5.57. The van der Waals surface area contributed by atoms with Crippen molar-refractivity contribution >= 4 is 11.8 Å². The van der Waals surface area contributed by atoms with E-state index in [4.69, 9.17) is 15.2 Å². The summed E-state index contributed by atoms with van der Waals surface area (Å²) in [4.78, 5) is 24.8. The van der Waals surface area contributed by atoms with Gasteiger partial charge in [-0.1, -0.05) is 0 Å². The zero-order chi connectivity index (χ0) is 14.5. The summed E-state index contributed by atoms with van der Waals surface area (Å²) in [6.45, 7) is 4.01. The van der Waals surface area contributed by atoms with E-state index < -0.39 is 12.0 Å². The fourth-order valence-corrected chi connectivity index (χ4v) is 1.99. The number of ether oxygens (including phenoxy) is 2. The number of nitrogens with two attached hydrogens (primary N) is 1. The van der Waals surface area contributed by atoms with Gasteiger partial charge in [-0.05, 0) is 31.2 Å². The molecule has 0 radical (unpaired) electrons. The largest absolute Gasteiger partial charge is 0.481 e. The molecule has 2 rings (SSSR count). The Morgan fingerprint density at radius 1 is 1.25 bits per heavy atom. The van der Waals surface area contributed by atoms with Gasteiger partial charge >= 0.3 is 0 Å². The van der Waals surface area contributed by atoms with Crippen LogP contribution in [0.2, 0.25) is 0 Å². The highest BCUT2D eigenvalue weighted by atomic mass is 16.5.